The van der Waals surface area contributed by atoms with Crippen molar-refractivity contribution in [3.05, 3.63) is 45.6 Å². The number of aryl methyl sites for hydroxylation is 2. The molecule has 3 aromatic rings. The molecule has 2 heterocycles. The number of amides is 1. The predicted octanol–water partition coefficient (Wildman–Crippen LogP) is 5.00. The molecule has 0 saturated heterocycles. The smallest absolute Gasteiger partial charge is 0.418 e. The average Bonchev–Trinajstić information content (AvgIpc) is 2.89. The van der Waals surface area contributed by atoms with E-state index in [0.717, 1.165) is 22.6 Å². The van der Waals surface area contributed by atoms with Gasteiger partial charge in [0.1, 0.15) is 11.2 Å². The maximum absolute atomic E-state index is 13.1. The second kappa shape index (κ2) is 7.32. The van der Waals surface area contributed by atoms with Gasteiger partial charge in [0.2, 0.25) is 5.88 Å². The Labute approximate surface area is 161 Å². The number of alkyl halides is 3. The van der Waals surface area contributed by atoms with E-state index in [4.69, 9.17) is 16.3 Å². The molecule has 0 aliphatic heterocycles. The van der Waals surface area contributed by atoms with Crippen molar-refractivity contribution < 1.29 is 22.7 Å². The number of hydrogen-bond acceptors (Lipinski definition) is 5. The lowest BCUT2D eigenvalue weighted by Crippen LogP contribution is -2.22. The van der Waals surface area contributed by atoms with Gasteiger partial charge < -0.3 is 10.1 Å². The van der Waals surface area contributed by atoms with E-state index in [-0.39, 0.29) is 10.9 Å². The summed E-state index contributed by atoms with van der Waals surface area (Å²) < 4.78 is 44.7. The maximum Gasteiger partial charge on any atom is 0.418 e. The van der Waals surface area contributed by atoms with Crippen LogP contribution in [0.25, 0.3) is 10.2 Å². The van der Waals surface area contributed by atoms with Crippen LogP contribution in [0.5, 0.6) is 5.88 Å². The summed E-state index contributed by atoms with van der Waals surface area (Å²) in [6, 6.07) is 3.11. The molecule has 0 atom stereocenters. The number of benzene rings is 1. The van der Waals surface area contributed by atoms with E-state index < -0.39 is 29.9 Å². The molecule has 0 saturated carbocycles. The second-order valence-electron chi connectivity index (χ2n) is 5.67. The molecule has 5 nitrogen and oxygen atoms in total. The molecule has 0 bridgehead atoms. The van der Waals surface area contributed by atoms with Crippen molar-refractivity contribution in [2.75, 3.05) is 11.9 Å². The summed E-state index contributed by atoms with van der Waals surface area (Å²) in [7, 11) is 0. The molecule has 142 valence electrons. The molecule has 1 amide bonds. The zero-order valence-electron chi connectivity index (χ0n) is 14.1. The van der Waals surface area contributed by atoms with Gasteiger partial charge in [-0.25, -0.2) is 9.97 Å². The van der Waals surface area contributed by atoms with E-state index >= 15 is 0 Å². The molecule has 10 heteroatoms. The van der Waals surface area contributed by atoms with Gasteiger partial charge in [-0.15, -0.1) is 11.3 Å². The first kappa shape index (κ1) is 19.4. The van der Waals surface area contributed by atoms with Crippen LogP contribution in [0.1, 0.15) is 16.0 Å². The normalized spacial score (nSPS) is 11.6. The van der Waals surface area contributed by atoms with E-state index in [1.807, 2.05) is 13.8 Å². The van der Waals surface area contributed by atoms with Gasteiger partial charge in [0, 0.05) is 9.90 Å². The van der Waals surface area contributed by atoms with Crippen LogP contribution in [0, 0.1) is 13.8 Å². The van der Waals surface area contributed by atoms with Crippen LogP contribution in [0.3, 0.4) is 0 Å². The molecule has 0 spiro atoms. The summed E-state index contributed by atoms with van der Waals surface area (Å²) in [5.41, 5.74) is -0.490. The lowest BCUT2D eigenvalue weighted by atomic mass is 10.1. The van der Waals surface area contributed by atoms with Gasteiger partial charge in [0.05, 0.1) is 16.6 Å². The maximum atomic E-state index is 13.1. The standard InChI is InChI=1S/C17H13ClF3N3O2S/c1-8-9(2)27-16-14(8)15(22-7-23-16)26-6-13(25)24-12-4-3-10(18)5-11(12)17(19,20)21/h3-5,7H,6H2,1-2H3,(H,24,25). The fourth-order valence-corrected chi connectivity index (χ4v) is 3.60. The minimum atomic E-state index is -4.65. The number of fused-ring (bicyclic) bond motifs is 1. The average molecular weight is 416 g/mol. The van der Waals surface area contributed by atoms with E-state index in [9.17, 15) is 18.0 Å². The van der Waals surface area contributed by atoms with Gasteiger partial charge in [0.15, 0.2) is 6.61 Å². The highest BCUT2D eigenvalue weighted by Gasteiger charge is 2.34. The largest absolute Gasteiger partial charge is 0.467 e. The summed E-state index contributed by atoms with van der Waals surface area (Å²) in [6.45, 7) is 3.31. The lowest BCUT2D eigenvalue weighted by molar-refractivity contribution is -0.137. The molecular weight excluding hydrogens is 403 g/mol. The van der Waals surface area contributed by atoms with Crippen molar-refractivity contribution in [1.29, 1.82) is 0 Å². The molecule has 0 radical (unpaired) electrons. The van der Waals surface area contributed by atoms with Crippen LogP contribution in [0.15, 0.2) is 24.5 Å². The van der Waals surface area contributed by atoms with Gasteiger partial charge in [0.25, 0.3) is 5.91 Å². The first-order valence-corrected chi connectivity index (χ1v) is 8.86. The van der Waals surface area contributed by atoms with Crippen LogP contribution < -0.4 is 10.1 Å². The molecule has 0 fully saturated rings. The van der Waals surface area contributed by atoms with Crippen LogP contribution >= 0.6 is 22.9 Å². The molecule has 0 unspecified atom stereocenters. The number of nitrogens with zero attached hydrogens (tertiary/aromatic N) is 2. The van der Waals surface area contributed by atoms with Crippen LogP contribution in [-0.2, 0) is 11.0 Å². The summed E-state index contributed by atoms with van der Waals surface area (Å²) in [4.78, 5) is 22.0. The molecule has 0 aliphatic rings. The fourth-order valence-electron chi connectivity index (χ4n) is 2.44. The quantitative estimate of drug-likeness (QED) is 0.651. The van der Waals surface area contributed by atoms with Crippen LogP contribution in [0.2, 0.25) is 5.02 Å². The highest BCUT2D eigenvalue weighted by molar-refractivity contribution is 7.18. The topological polar surface area (TPSA) is 64.1 Å². The Balaban J connectivity index is 1.77. The third-order valence-corrected chi connectivity index (χ3v) is 5.18. The van der Waals surface area contributed by atoms with Crippen molar-refractivity contribution in [1.82, 2.24) is 9.97 Å². The Bertz CT molecular complexity index is 1020. The van der Waals surface area contributed by atoms with Crippen molar-refractivity contribution in [3.63, 3.8) is 0 Å². The van der Waals surface area contributed by atoms with Crippen molar-refractivity contribution in [2.24, 2.45) is 0 Å². The van der Waals surface area contributed by atoms with Crippen molar-refractivity contribution in [3.8, 4) is 5.88 Å². The molecular formula is C17H13ClF3N3O2S. The summed E-state index contributed by atoms with van der Waals surface area (Å²) in [5.74, 6) is -0.539. The van der Waals surface area contributed by atoms with E-state index in [1.165, 1.54) is 23.7 Å². The summed E-state index contributed by atoms with van der Waals surface area (Å²) >= 11 is 7.09. The molecule has 1 aromatic carbocycles. The number of aromatic nitrogens is 2. The minimum absolute atomic E-state index is 0.0803. The highest BCUT2D eigenvalue weighted by Crippen LogP contribution is 2.37. The third-order valence-electron chi connectivity index (χ3n) is 3.83. The highest BCUT2D eigenvalue weighted by atomic mass is 35.5. The predicted molar refractivity (Wildman–Crippen MR) is 97.5 cm³/mol. The lowest BCUT2D eigenvalue weighted by Gasteiger charge is -2.14. The fraction of sp³-hybridized carbons (Fsp3) is 0.235. The SMILES string of the molecule is Cc1sc2ncnc(OCC(=O)Nc3ccc(Cl)cc3C(F)(F)F)c2c1C. The number of halogens is 4. The van der Waals surface area contributed by atoms with Gasteiger partial charge in [-0.05, 0) is 37.6 Å². The number of ether oxygens (including phenoxy) is 1. The Morgan fingerprint density at radius 2 is 2.04 bits per heavy atom. The first-order chi connectivity index (χ1) is 12.7. The van der Waals surface area contributed by atoms with Crippen molar-refractivity contribution >= 4 is 44.7 Å². The van der Waals surface area contributed by atoms with E-state index in [2.05, 4.69) is 15.3 Å². The first-order valence-electron chi connectivity index (χ1n) is 7.67. The Hall–Kier alpha value is -2.39. The number of carbonyl (C=O) groups is 1. The van der Waals surface area contributed by atoms with Gasteiger partial charge >= 0.3 is 6.18 Å². The summed E-state index contributed by atoms with van der Waals surface area (Å²) in [6.07, 6.45) is -3.34. The van der Waals surface area contributed by atoms with Gasteiger partial charge in [-0.3, -0.25) is 4.79 Å². The number of nitrogens with one attached hydrogen (secondary N) is 1. The Morgan fingerprint density at radius 1 is 1.30 bits per heavy atom. The molecule has 27 heavy (non-hydrogen) atoms. The number of anilines is 1. The number of carbonyl (C=O) groups excluding carboxylic acids is 1. The number of thiophene rings is 1. The minimum Gasteiger partial charge on any atom is -0.467 e. The summed E-state index contributed by atoms with van der Waals surface area (Å²) in [5, 5.41) is 2.81. The molecule has 3 rings (SSSR count). The van der Waals surface area contributed by atoms with Crippen LogP contribution in [-0.4, -0.2) is 22.5 Å². The Morgan fingerprint density at radius 3 is 2.74 bits per heavy atom. The molecule has 1 N–H and O–H groups in total. The number of rotatable bonds is 4. The third kappa shape index (κ3) is 4.14. The van der Waals surface area contributed by atoms with Crippen LogP contribution in [0.4, 0.5) is 18.9 Å². The zero-order valence-corrected chi connectivity index (χ0v) is 15.7. The molecule has 2 aromatic heterocycles. The number of hydrogen-bond donors (Lipinski definition) is 1. The van der Waals surface area contributed by atoms with E-state index in [1.54, 1.807) is 0 Å². The molecule has 0 aliphatic carbocycles. The second-order valence-corrected chi connectivity index (χ2v) is 7.31. The van der Waals surface area contributed by atoms with Gasteiger partial charge in [-0.2, -0.15) is 13.2 Å². The monoisotopic (exact) mass is 415 g/mol. The zero-order chi connectivity index (χ0) is 19.8. The van der Waals surface area contributed by atoms with E-state index in [0.29, 0.717) is 10.2 Å². The van der Waals surface area contributed by atoms with Gasteiger partial charge in [-0.1, -0.05) is 11.6 Å². The van der Waals surface area contributed by atoms with Crippen molar-refractivity contribution in [2.45, 2.75) is 20.0 Å². The Kier molecular flexibility index (Phi) is 5.25.